The Morgan fingerprint density at radius 2 is 1.78 bits per heavy atom. The molecule has 1 heterocycles. The van der Waals surface area contributed by atoms with Crippen molar-refractivity contribution in [3.8, 4) is 0 Å². The Balaban J connectivity index is 1.62. The zero-order valence-electron chi connectivity index (χ0n) is 18.3. The molecule has 0 aliphatic rings. The number of amides is 2. The summed E-state index contributed by atoms with van der Waals surface area (Å²) in [6, 6.07) is 16.6. The molecule has 168 valence electrons. The van der Waals surface area contributed by atoms with Crippen molar-refractivity contribution in [2.24, 2.45) is 5.92 Å². The maximum absolute atomic E-state index is 12.4. The monoisotopic (exact) mass is 454 g/mol. The van der Waals surface area contributed by atoms with Gasteiger partial charge in [0.2, 0.25) is 5.91 Å². The molecule has 1 aromatic heterocycles. The highest BCUT2D eigenvalue weighted by molar-refractivity contribution is 6.31. The summed E-state index contributed by atoms with van der Waals surface area (Å²) >= 11 is 6.22. The smallest absolute Gasteiger partial charge is 0.412 e. The quantitative estimate of drug-likeness (QED) is 0.467. The fourth-order valence-electron chi connectivity index (χ4n) is 3.29. The molecule has 2 N–H and O–H groups in total. The number of aromatic nitrogens is 1. The Kier molecular flexibility index (Phi) is 8.03. The van der Waals surface area contributed by atoms with Crippen LogP contribution in [0.3, 0.4) is 0 Å². The number of hydrogen-bond acceptors (Lipinski definition) is 5. The van der Waals surface area contributed by atoms with E-state index in [0.29, 0.717) is 17.4 Å². The molecule has 3 rings (SSSR count). The van der Waals surface area contributed by atoms with Crippen molar-refractivity contribution in [2.45, 2.75) is 33.4 Å². The van der Waals surface area contributed by atoms with Crippen LogP contribution in [0.2, 0.25) is 5.02 Å². The van der Waals surface area contributed by atoms with E-state index in [1.54, 1.807) is 18.3 Å². The van der Waals surface area contributed by atoms with E-state index >= 15 is 0 Å². The van der Waals surface area contributed by atoms with E-state index < -0.39 is 6.09 Å². The van der Waals surface area contributed by atoms with Crippen molar-refractivity contribution in [2.75, 3.05) is 11.9 Å². The Hall–Kier alpha value is -3.16. The molecule has 3 aromatic rings. The average Bonchev–Trinajstić information content (AvgIpc) is 2.76. The van der Waals surface area contributed by atoms with E-state index in [4.69, 9.17) is 16.3 Å². The fraction of sp³-hybridized carbons (Fsp3) is 0.292. The van der Waals surface area contributed by atoms with Crippen LogP contribution >= 0.6 is 11.6 Å². The maximum atomic E-state index is 12.4. The van der Waals surface area contributed by atoms with E-state index in [1.807, 2.05) is 56.3 Å². The standard InChI is InChI=1S/C24H27ClN4O3/c1-16(2)22(29(17(3)30)27-14-20-10-6-7-11-21(20)25)15-32-24(31)28-23-12-18-8-4-5-9-19(18)13-26-23/h4-13,16,22,27H,14-15H2,1-3H3,(H,26,28,31)/t22-/m1/s1. The topological polar surface area (TPSA) is 83.6 Å². The lowest BCUT2D eigenvalue weighted by atomic mass is 10.0. The molecule has 32 heavy (non-hydrogen) atoms. The van der Waals surface area contributed by atoms with Crippen LogP contribution in [0.1, 0.15) is 26.3 Å². The first-order valence-corrected chi connectivity index (χ1v) is 10.8. The predicted molar refractivity (Wildman–Crippen MR) is 126 cm³/mol. The summed E-state index contributed by atoms with van der Waals surface area (Å²) in [6.45, 7) is 5.78. The van der Waals surface area contributed by atoms with Crippen molar-refractivity contribution in [1.29, 1.82) is 0 Å². The first kappa shape index (κ1) is 23.5. The highest BCUT2D eigenvalue weighted by Gasteiger charge is 2.26. The molecule has 0 saturated carbocycles. The van der Waals surface area contributed by atoms with Crippen molar-refractivity contribution >= 4 is 40.2 Å². The van der Waals surface area contributed by atoms with Crippen molar-refractivity contribution in [1.82, 2.24) is 15.4 Å². The van der Waals surface area contributed by atoms with Crippen LogP contribution in [0.4, 0.5) is 10.6 Å². The molecular weight excluding hydrogens is 428 g/mol. The minimum absolute atomic E-state index is 0.0200. The van der Waals surface area contributed by atoms with Gasteiger partial charge in [-0.2, -0.15) is 0 Å². The Morgan fingerprint density at radius 3 is 2.47 bits per heavy atom. The molecule has 2 amide bonds. The van der Waals surface area contributed by atoms with E-state index in [0.717, 1.165) is 16.3 Å². The molecule has 1 atom stereocenters. The summed E-state index contributed by atoms with van der Waals surface area (Å²) in [6.07, 6.45) is 1.06. The largest absolute Gasteiger partial charge is 0.447 e. The van der Waals surface area contributed by atoms with Crippen molar-refractivity contribution in [3.63, 3.8) is 0 Å². The number of nitrogens with zero attached hydrogens (tertiary/aromatic N) is 2. The molecule has 0 aliphatic heterocycles. The first-order chi connectivity index (χ1) is 15.3. The third-order valence-corrected chi connectivity index (χ3v) is 5.45. The van der Waals surface area contributed by atoms with Crippen molar-refractivity contribution < 1.29 is 14.3 Å². The summed E-state index contributed by atoms with van der Waals surface area (Å²) in [5, 5.41) is 6.70. The van der Waals surface area contributed by atoms with Gasteiger partial charge in [-0.05, 0) is 29.0 Å². The highest BCUT2D eigenvalue weighted by Crippen LogP contribution is 2.18. The molecular formula is C24H27ClN4O3. The van der Waals surface area contributed by atoms with Gasteiger partial charge in [0.05, 0.1) is 6.04 Å². The van der Waals surface area contributed by atoms with Gasteiger partial charge in [0.15, 0.2) is 0 Å². The van der Waals surface area contributed by atoms with Crippen LogP contribution in [0.25, 0.3) is 10.8 Å². The van der Waals surface area contributed by atoms with E-state index in [1.165, 1.54) is 11.9 Å². The third kappa shape index (κ3) is 6.18. The summed E-state index contributed by atoms with van der Waals surface area (Å²) in [4.78, 5) is 28.9. The Morgan fingerprint density at radius 1 is 1.09 bits per heavy atom. The number of carbonyl (C=O) groups is 2. The molecule has 2 aromatic carbocycles. The fourth-order valence-corrected chi connectivity index (χ4v) is 3.50. The van der Waals surface area contributed by atoms with E-state index in [9.17, 15) is 9.59 Å². The molecule has 0 spiro atoms. The van der Waals surface area contributed by atoms with Gasteiger partial charge in [0.25, 0.3) is 0 Å². The van der Waals surface area contributed by atoms with Gasteiger partial charge in [0, 0.05) is 30.1 Å². The predicted octanol–water partition coefficient (Wildman–Crippen LogP) is 5.01. The summed E-state index contributed by atoms with van der Waals surface area (Å²) < 4.78 is 5.44. The number of nitrogens with one attached hydrogen (secondary N) is 2. The number of rotatable bonds is 8. The van der Waals surface area contributed by atoms with E-state index in [2.05, 4.69) is 15.7 Å². The molecule has 0 radical (unpaired) electrons. The third-order valence-electron chi connectivity index (χ3n) is 5.08. The van der Waals surface area contributed by atoms with Gasteiger partial charge < -0.3 is 4.74 Å². The van der Waals surface area contributed by atoms with Gasteiger partial charge in [-0.1, -0.05) is 67.9 Å². The first-order valence-electron chi connectivity index (χ1n) is 10.4. The molecule has 8 heteroatoms. The molecule has 0 unspecified atom stereocenters. The van der Waals surface area contributed by atoms with Crippen LogP contribution in [-0.2, 0) is 16.1 Å². The zero-order valence-corrected chi connectivity index (χ0v) is 19.1. The van der Waals surface area contributed by atoms with Crippen LogP contribution in [0.5, 0.6) is 0 Å². The number of halogens is 1. The normalized spacial score (nSPS) is 11.9. The Bertz CT molecular complexity index is 1090. The summed E-state index contributed by atoms with van der Waals surface area (Å²) in [5.41, 5.74) is 3.99. The number of anilines is 1. The number of ether oxygens (including phenoxy) is 1. The second-order valence-electron chi connectivity index (χ2n) is 7.77. The lowest BCUT2D eigenvalue weighted by Crippen LogP contribution is -2.52. The second kappa shape index (κ2) is 10.9. The van der Waals surface area contributed by atoms with Gasteiger partial charge in [0.1, 0.15) is 12.4 Å². The van der Waals surface area contributed by atoms with Crippen LogP contribution in [0.15, 0.2) is 60.8 Å². The van der Waals surface area contributed by atoms with Crippen LogP contribution < -0.4 is 10.7 Å². The summed E-state index contributed by atoms with van der Waals surface area (Å²) in [5.74, 6) is 0.246. The number of benzene rings is 2. The van der Waals surface area contributed by atoms with Crippen LogP contribution in [0, 0.1) is 5.92 Å². The highest BCUT2D eigenvalue weighted by atomic mass is 35.5. The van der Waals surface area contributed by atoms with Gasteiger partial charge in [-0.25, -0.2) is 15.2 Å². The molecule has 7 nitrogen and oxygen atoms in total. The van der Waals surface area contributed by atoms with Crippen molar-refractivity contribution in [3.05, 3.63) is 71.4 Å². The molecule has 0 bridgehead atoms. The average molecular weight is 455 g/mol. The second-order valence-corrected chi connectivity index (χ2v) is 8.17. The van der Waals surface area contributed by atoms with E-state index in [-0.39, 0.29) is 24.5 Å². The molecule has 0 aliphatic carbocycles. The number of pyridine rings is 1. The zero-order chi connectivity index (χ0) is 23.1. The van der Waals surface area contributed by atoms with Gasteiger partial charge >= 0.3 is 6.09 Å². The SMILES string of the molecule is CC(=O)N(NCc1ccccc1Cl)[C@H](COC(=O)Nc1cc2ccccc2cn1)C(C)C. The van der Waals surface area contributed by atoms with Gasteiger partial charge in [-0.3, -0.25) is 15.1 Å². The maximum Gasteiger partial charge on any atom is 0.412 e. The molecule has 0 fully saturated rings. The van der Waals surface area contributed by atoms with Gasteiger partial charge in [-0.15, -0.1) is 0 Å². The minimum atomic E-state index is -0.631. The number of hydrazine groups is 1. The summed E-state index contributed by atoms with van der Waals surface area (Å²) in [7, 11) is 0. The number of carbonyl (C=O) groups excluding carboxylic acids is 2. The minimum Gasteiger partial charge on any atom is -0.447 e. The van der Waals surface area contributed by atoms with Crippen LogP contribution in [-0.4, -0.2) is 34.6 Å². The Labute approximate surface area is 192 Å². The molecule has 0 saturated heterocycles. The lowest BCUT2D eigenvalue weighted by molar-refractivity contribution is -0.137. The lowest BCUT2D eigenvalue weighted by Gasteiger charge is -2.33. The number of hydrogen-bond donors (Lipinski definition) is 2. The number of fused-ring (bicyclic) bond motifs is 1.